The lowest BCUT2D eigenvalue weighted by molar-refractivity contribution is 0.426. The summed E-state index contributed by atoms with van der Waals surface area (Å²) < 4.78 is 5.13. The van der Waals surface area contributed by atoms with Gasteiger partial charge in [-0.1, -0.05) is 0 Å². The fraction of sp³-hybridized carbons (Fsp3) is 0.889. The molecule has 1 heterocycles. The van der Waals surface area contributed by atoms with Gasteiger partial charge in [0.1, 0.15) is 0 Å². The van der Waals surface area contributed by atoms with Crippen molar-refractivity contribution < 1.29 is 4.74 Å². The van der Waals surface area contributed by atoms with Crippen molar-refractivity contribution in [1.82, 2.24) is 0 Å². The number of hydrogen-bond acceptors (Lipinski definition) is 4. The maximum absolute atomic E-state index is 5.13. The maximum atomic E-state index is 5.13. The highest BCUT2D eigenvalue weighted by atomic mass is 32.2. The highest BCUT2D eigenvalue weighted by Gasteiger charge is 2.21. The molecule has 1 rings (SSSR count). The molecule has 0 N–H and O–H groups in total. The molecule has 1 aliphatic heterocycles. The Labute approximate surface area is 94.1 Å². The van der Waals surface area contributed by atoms with Crippen LogP contribution in [0.15, 0.2) is 0 Å². The third kappa shape index (κ3) is 8.03. The van der Waals surface area contributed by atoms with Gasteiger partial charge in [-0.2, -0.15) is 35.3 Å². The van der Waals surface area contributed by atoms with Gasteiger partial charge in [-0.3, -0.25) is 0 Å². The van der Waals surface area contributed by atoms with Crippen molar-refractivity contribution in [2.75, 3.05) is 41.1 Å². The molecule has 1 fully saturated rings. The predicted molar refractivity (Wildman–Crippen MR) is 67.1 cm³/mol. The van der Waals surface area contributed by atoms with E-state index in [9.17, 15) is 0 Å². The Morgan fingerprint density at radius 1 is 1.08 bits per heavy atom. The molecule has 1 unspecified atom stereocenters. The molecule has 0 aromatic rings. The number of epoxide rings is 1. The quantitative estimate of drug-likeness (QED) is 0.451. The van der Waals surface area contributed by atoms with Crippen LogP contribution < -0.4 is 0 Å². The molecule has 1 atom stereocenters. The van der Waals surface area contributed by atoms with Crippen LogP contribution in [0.5, 0.6) is 0 Å². The maximum Gasteiger partial charge on any atom is 0.0900 e. The summed E-state index contributed by atoms with van der Waals surface area (Å²) in [6.07, 6.45) is 0.594. The largest absolute Gasteiger partial charge is 0.372 e. The SMILES string of the molecule is [CH2]CSCCSCCSCC1CO1. The number of rotatable bonds is 9. The highest BCUT2D eigenvalue weighted by molar-refractivity contribution is 8.04. The molecule has 1 radical (unpaired) electrons. The lowest BCUT2D eigenvalue weighted by Crippen LogP contribution is -1.94. The van der Waals surface area contributed by atoms with Gasteiger partial charge in [-0.15, -0.1) is 0 Å². The van der Waals surface area contributed by atoms with E-state index in [1.54, 1.807) is 0 Å². The number of thioether (sulfide) groups is 3. The molecule has 0 aliphatic carbocycles. The molecule has 13 heavy (non-hydrogen) atoms. The summed E-state index contributed by atoms with van der Waals surface area (Å²) in [7, 11) is 0. The second-order valence-corrected chi connectivity index (χ2v) is 6.35. The molecule has 0 aromatic heterocycles. The van der Waals surface area contributed by atoms with Crippen LogP contribution in [0, 0.1) is 6.92 Å². The smallest absolute Gasteiger partial charge is 0.0900 e. The van der Waals surface area contributed by atoms with Crippen LogP contribution >= 0.6 is 35.3 Å². The minimum Gasteiger partial charge on any atom is -0.372 e. The second-order valence-electron chi connectivity index (χ2n) is 2.76. The Bertz CT molecular complexity index is 117. The minimum absolute atomic E-state index is 0.594. The Balaban J connectivity index is 1.63. The van der Waals surface area contributed by atoms with Gasteiger partial charge in [0, 0.05) is 28.8 Å². The molecule has 1 saturated heterocycles. The van der Waals surface area contributed by atoms with Crippen molar-refractivity contribution in [2.45, 2.75) is 6.10 Å². The topological polar surface area (TPSA) is 12.5 Å². The summed E-state index contributed by atoms with van der Waals surface area (Å²) >= 11 is 6.01. The first-order valence-electron chi connectivity index (χ1n) is 4.57. The molecule has 1 nitrogen and oxygen atoms in total. The first kappa shape index (κ1) is 12.1. The van der Waals surface area contributed by atoms with Crippen LogP contribution in [0.25, 0.3) is 0 Å². The van der Waals surface area contributed by atoms with E-state index in [4.69, 9.17) is 4.74 Å². The van der Waals surface area contributed by atoms with E-state index in [-0.39, 0.29) is 0 Å². The summed E-state index contributed by atoms with van der Waals surface area (Å²) in [5.74, 6) is 7.31. The predicted octanol–water partition coefficient (Wildman–Crippen LogP) is 2.42. The van der Waals surface area contributed by atoms with E-state index < -0.39 is 0 Å². The highest BCUT2D eigenvalue weighted by Crippen LogP contribution is 2.17. The molecule has 0 spiro atoms. The van der Waals surface area contributed by atoms with E-state index in [2.05, 4.69) is 18.7 Å². The van der Waals surface area contributed by atoms with Gasteiger partial charge in [0.25, 0.3) is 0 Å². The Hall–Kier alpha value is 1.01. The van der Waals surface area contributed by atoms with E-state index in [1.165, 1.54) is 28.8 Å². The van der Waals surface area contributed by atoms with Gasteiger partial charge >= 0.3 is 0 Å². The number of hydrogen-bond donors (Lipinski definition) is 0. The Morgan fingerprint density at radius 2 is 1.69 bits per heavy atom. The summed E-state index contributed by atoms with van der Waals surface area (Å²) in [5, 5.41) is 0. The third-order valence-corrected chi connectivity index (χ3v) is 4.98. The van der Waals surface area contributed by atoms with Crippen LogP contribution in [0.2, 0.25) is 0 Å². The zero-order valence-corrected chi connectivity index (χ0v) is 10.3. The third-order valence-electron chi connectivity index (χ3n) is 1.59. The molecular formula is C9H17OS3. The Kier molecular flexibility index (Phi) is 7.74. The summed E-state index contributed by atoms with van der Waals surface area (Å²) in [5.41, 5.74) is 0. The van der Waals surface area contributed by atoms with Crippen molar-refractivity contribution in [2.24, 2.45) is 0 Å². The fourth-order valence-electron chi connectivity index (χ4n) is 0.819. The standard InChI is InChI=1S/C9H17OS3/c1-2-11-3-4-12-5-6-13-8-9-7-10-9/h9H,1-8H2. The van der Waals surface area contributed by atoms with E-state index in [1.807, 2.05) is 23.5 Å². The molecule has 77 valence electrons. The van der Waals surface area contributed by atoms with Gasteiger partial charge in [-0.05, 0) is 12.7 Å². The van der Waals surface area contributed by atoms with Gasteiger partial charge < -0.3 is 4.74 Å². The number of ether oxygens (including phenoxy) is 1. The first-order chi connectivity index (χ1) is 6.43. The molecular weight excluding hydrogens is 220 g/mol. The van der Waals surface area contributed by atoms with Crippen molar-refractivity contribution in [3.63, 3.8) is 0 Å². The van der Waals surface area contributed by atoms with E-state index in [0.717, 1.165) is 12.4 Å². The van der Waals surface area contributed by atoms with Crippen molar-refractivity contribution >= 4 is 35.3 Å². The van der Waals surface area contributed by atoms with Crippen LogP contribution in [0.3, 0.4) is 0 Å². The van der Waals surface area contributed by atoms with E-state index in [0.29, 0.717) is 6.10 Å². The van der Waals surface area contributed by atoms with Gasteiger partial charge in [0.05, 0.1) is 12.7 Å². The van der Waals surface area contributed by atoms with Gasteiger partial charge in [0.15, 0.2) is 0 Å². The first-order valence-corrected chi connectivity index (χ1v) is 8.04. The summed E-state index contributed by atoms with van der Waals surface area (Å²) in [6, 6.07) is 0. The average molecular weight is 237 g/mol. The molecule has 0 saturated carbocycles. The van der Waals surface area contributed by atoms with Crippen molar-refractivity contribution in [1.29, 1.82) is 0 Å². The molecule has 0 bridgehead atoms. The molecule has 4 heteroatoms. The van der Waals surface area contributed by atoms with Gasteiger partial charge in [0.2, 0.25) is 0 Å². The van der Waals surface area contributed by atoms with Crippen LogP contribution in [-0.2, 0) is 4.74 Å². The van der Waals surface area contributed by atoms with Crippen LogP contribution in [0.1, 0.15) is 0 Å². The molecule has 0 aromatic carbocycles. The zero-order valence-electron chi connectivity index (χ0n) is 7.87. The minimum atomic E-state index is 0.594. The normalized spacial score (nSPS) is 20.5. The van der Waals surface area contributed by atoms with Crippen molar-refractivity contribution in [3.05, 3.63) is 6.92 Å². The molecule has 0 amide bonds. The van der Waals surface area contributed by atoms with E-state index >= 15 is 0 Å². The second kappa shape index (κ2) is 8.33. The lowest BCUT2D eigenvalue weighted by Gasteiger charge is -2.00. The van der Waals surface area contributed by atoms with Crippen LogP contribution in [0.4, 0.5) is 0 Å². The zero-order chi connectivity index (χ0) is 9.36. The van der Waals surface area contributed by atoms with Gasteiger partial charge in [-0.25, -0.2) is 0 Å². The van der Waals surface area contributed by atoms with Crippen molar-refractivity contribution in [3.8, 4) is 0 Å². The lowest BCUT2D eigenvalue weighted by atomic mass is 10.6. The monoisotopic (exact) mass is 237 g/mol. The van der Waals surface area contributed by atoms with Crippen LogP contribution in [-0.4, -0.2) is 47.2 Å². The fourth-order valence-corrected chi connectivity index (χ4v) is 3.73. The average Bonchev–Trinajstić information content (AvgIpc) is 2.93. The Morgan fingerprint density at radius 3 is 2.31 bits per heavy atom. The molecule has 1 aliphatic rings. The summed E-state index contributed by atoms with van der Waals surface area (Å²) in [6.45, 7) is 4.80. The summed E-state index contributed by atoms with van der Waals surface area (Å²) in [4.78, 5) is 0.